The molecule has 142 valence electrons. The minimum Gasteiger partial charge on any atom is -0.495 e. The van der Waals surface area contributed by atoms with Crippen LogP contribution in [0.25, 0.3) is 0 Å². The van der Waals surface area contributed by atoms with Crippen LogP contribution in [0.15, 0.2) is 48.5 Å². The molecular weight excluding hydrogens is 350 g/mol. The number of carbonyl (C=O) groups excluding carboxylic acids is 3. The standard InChI is InChI=1S/C19H21N3O5/c1-12(17(23)22-15-5-3-4-6-16(15)26-2)27-18(24)14-9-7-13(8-10-14)11-21-19(20)25/h3-10,12H,11H2,1-2H3,(H,22,23)(H3,20,21,25)/t12-/m0/s1. The average molecular weight is 371 g/mol. The second-order valence-electron chi connectivity index (χ2n) is 5.65. The summed E-state index contributed by atoms with van der Waals surface area (Å²) < 4.78 is 10.4. The van der Waals surface area contributed by atoms with Gasteiger partial charge in [-0.2, -0.15) is 0 Å². The van der Waals surface area contributed by atoms with Crippen LogP contribution in [-0.2, 0) is 16.1 Å². The summed E-state index contributed by atoms with van der Waals surface area (Å²) in [6.07, 6.45) is -1.00. The second kappa shape index (κ2) is 9.23. The Morgan fingerprint density at radius 2 is 1.74 bits per heavy atom. The molecule has 0 saturated heterocycles. The number of hydrogen-bond acceptors (Lipinski definition) is 5. The number of primary amides is 1. The summed E-state index contributed by atoms with van der Waals surface area (Å²) in [4.78, 5) is 35.1. The van der Waals surface area contributed by atoms with E-state index >= 15 is 0 Å². The first-order valence-electron chi connectivity index (χ1n) is 8.18. The topological polar surface area (TPSA) is 120 Å². The van der Waals surface area contributed by atoms with Crippen LogP contribution in [0.2, 0.25) is 0 Å². The highest BCUT2D eigenvalue weighted by Gasteiger charge is 2.20. The molecule has 0 bridgehead atoms. The van der Waals surface area contributed by atoms with Gasteiger partial charge in [0, 0.05) is 6.54 Å². The molecule has 2 rings (SSSR count). The van der Waals surface area contributed by atoms with Crippen molar-refractivity contribution in [2.75, 3.05) is 12.4 Å². The van der Waals surface area contributed by atoms with Crippen LogP contribution < -0.4 is 21.1 Å². The van der Waals surface area contributed by atoms with E-state index in [2.05, 4.69) is 10.6 Å². The number of carbonyl (C=O) groups is 3. The molecule has 0 aliphatic carbocycles. The summed E-state index contributed by atoms with van der Waals surface area (Å²) in [5.74, 6) is -0.605. The minimum atomic E-state index is -1.00. The van der Waals surface area contributed by atoms with Gasteiger partial charge in [-0.25, -0.2) is 9.59 Å². The first kappa shape index (κ1) is 19.8. The monoisotopic (exact) mass is 371 g/mol. The zero-order chi connectivity index (χ0) is 19.8. The first-order valence-corrected chi connectivity index (χ1v) is 8.18. The van der Waals surface area contributed by atoms with E-state index < -0.39 is 24.0 Å². The molecule has 0 spiro atoms. The first-order chi connectivity index (χ1) is 12.9. The molecule has 0 unspecified atom stereocenters. The lowest BCUT2D eigenvalue weighted by molar-refractivity contribution is -0.123. The van der Waals surface area contributed by atoms with Crippen molar-refractivity contribution in [3.8, 4) is 5.75 Å². The number of esters is 1. The molecule has 0 aliphatic rings. The maximum atomic E-state index is 12.3. The van der Waals surface area contributed by atoms with E-state index in [4.69, 9.17) is 15.2 Å². The summed E-state index contributed by atoms with van der Waals surface area (Å²) >= 11 is 0. The average Bonchev–Trinajstić information content (AvgIpc) is 2.67. The van der Waals surface area contributed by atoms with Gasteiger partial charge >= 0.3 is 12.0 Å². The third-order valence-corrected chi connectivity index (χ3v) is 3.67. The summed E-state index contributed by atoms with van der Waals surface area (Å²) in [6, 6.07) is 12.7. The van der Waals surface area contributed by atoms with Gasteiger partial charge in [0.15, 0.2) is 6.10 Å². The van der Waals surface area contributed by atoms with Crippen molar-refractivity contribution in [3.05, 3.63) is 59.7 Å². The quantitative estimate of drug-likeness (QED) is 0.644. The number of amides is 3. The van der Waals surface area contributed by atoms with Gasteiger partial charge in [0.1, 0.15) is 5.75 Å². The van der Waals surface area contributed by atoms with Crippen LogP contribution in [-0.4, -0.2) is 31.1 Å². The summed E-state index contributed by atoms with van der Waals surface area (Å²) in [6.45, 7) is 1.73. The van der Waals surface area contributed by atoms with Gasteiger partial charge in [-0.05, 0) is 36.8 Å². The Bertz CT molecular complexity index is 820. The van der Waals surface area contributed by atoms with Gasteiger partial charge in [-0.3, -0.25) is 4.79 Å². The van der Waals surface area contributed by atoms with Crippen molar-refractivity contribution in [1.29, 1.82) is 0 Å². The molecule has 0 fully saturated rings. The van der Waals surface area contributed by atoms with Gasteiger partial charge in [0.2, 0.25) is 0 Å². The summed E-state index contributed by atoms with van der Waals surface area (Å²) in [5, 5.41) is 5.11. The fourth-order valence-electron chi connectivity index (χ4n) is 2.21. The van der Waals surface area contributed by atoms with Crippen molar-refractivity contribution in [1.82, 2.24) is 5.32 Å². The Kier molecular flexibility index (Phi) is 6.76. The van der Waals surface area contributed by atoms with Gasteiger partial charge in [0.05, 0.1) is 18.4 Å². The van der Waals surface area contributed by atoms with Gasteiger partial charge in [-0.15, -0.1) is 0 Å². The Morgan fingerprint density at radius 3 is 2.37 bits per heavy atom. The lowest BCUT2D eigenvalue weighted by Gasteiger charge is -2.15. The predicted octanol–water partition coefficient (Wildman–Crippen LogP) is 2.05. The molecule has 0 saturated carbocycles. The maximum absolute atomic E-state index is 12.3. The van der Waals surface area contributed by atoms with Gasteiger partial charge in [-0.1, -0.05) is 24.3 Å². The predicted molar refractivity (Wildman–Crippen MR) is 99.4 cm³/mol. The fraction of sp³-hybridized carbons (Fsp3) is 0.211. The molecule has 2 aromatic rings. The van der Waals surface area contributed by atoms with Crippen LogP contribution >= 0.6 is 0 Å². The number of ether oxygens (including phenoxy) is 2. The van der Waals surface area contributed by atoms with Crippen LogP contribution in [0.1, 0.15) is 22.8 Å². The number of anilines is 1. The lowest BCUT2D eigenvalue weighted by atomic mass is 10.1. The molecule has 8 nitrogen and oxygen atoms in total. The third kappa shape index (κ3) is 5.74. The zero-order valence-corrected chi connectivity index (χ0v) is 15.0. The molecule has 1 atom stereocenters. The van der Waals surface area contributed by atoms with Crippen molar-refractivity contribution >= 4 is 23.6 Å². The van der Waals surface area contributed by atoms with Gasteiger partial charge < -0.3 is 25.8 Å². The molecule has 0 radical (unpaired) electrons. The van der Waals surface area contributed by atoms with Crippen molar-refractivity contribution in [3.63, 3.8) is 0 Å². The Morgan fingerprint density at radius 1 is 1.07 bits per heavy atom. The maximum Gasteiger partial charge on any atom is 0.338 e. The van der Waals surface area contributed by atoms with Crippen molar-refractivity contribution < 1.29 is 23.9 Å². The number of methoxy groups -OCH3 is 1. The molecule has 2 aromatic carbocycles. The number of nitrogens with one attached hydrogen (secondary N) is 2. The number of para-hydroxylation sites is 2. The molecule has 8 heteroatoms. The normalized spacial score (nSPS) is 11.2. The molecular formula is C19H21N3O5. The smallest absolute Gasteiger partial charge is 0.338 e. The minimum absolute atomic E-state index is 0.252. The van der Waals surface area contributed by atoms with Crippen LogP contribution in [0.4, 0.5) is 10.5 Å². The van der Waals surface area contributed by atoms with E-state index in [1.807, 2.05) is 0 Å². The van der Waals surface area contributed by atoms with E-state index in [-0.39, 0.29) is 12.1 Å². The number of urea groups is 1. The van der Waals surface area contributed by atoms with Gasteiger partial charge in [0.25, 0.3) is 5.91 Å². The molecule has 0 aliphatic heterocycles. The SMILES string of the molecule is COc1ccccc1NC(=O)[C@H](C)OC(=O)c1ccc(CNC(N)=O)cc1. The van der Waals surface area contributed by atoms with E-state index in [0.717, 1.165) is 5.56 Å². The summed E-state index contributed by atoms with van der Waals surface area (Å²) in [5.41, 5.74) is 6.55. The Balaban J connectivity index is 1.94. The molecule has 0 aromatic heterocycles. The fourth-order valence-corrected chi connectivity index (χ4v) is 2.21. The van der Waals surface area contributed by atoms with Crippen molar-refractivity contribution in [2.45, 2.75) is 19.6 Å². The number of benzene rings is 2. The molecule has 3 amide bonds. The van der Waals surface area contributed by atoms with E-state index in [0.29, 0.717) is 11.4 Å². The highest BCUT2D eigenvalue weighted by Crippen LogP contribution is 2.23. The number of rotatable bonds is 7. The zero-order valence-electron chi connectivity index (χ0n) is 15.0. The Labute approximate surface area is 156 Å². The van der Waals surface area contributed by atoms with E-state index in [1.54, 1.807) is 48.5 Å². The lowest BCUT2D eigenvalue weighted by Crippen LogP contribution is -2.30. The molecule has 0 heterocycles. The van der Waals surface area contributed by atoms with Crippen LogP contribution in [0, 0.1) is 0 Å². The van der Waals surface area contributed by atoms with E-state index in [1.165, 1.54) is 14.0 Å². The van der Waals surface area contributed by atoms with E-state index in [9.17, 15) is 14.4 Å². The third-order valence-electron chi connectivity index (χ3n) is 3.67. The molecule has 4 N–H and O–H groups in total. The summed E-state index contributed by atoms with van der Waals surface area (Å²) in [7, 11) is 1.50. The largest absolute Gasteiger partial charge is 0.495 e. The van der Waals surface area contributed by atoms with Crippen molar-refractivity contribution in [2.24, 2.45) is 5.73 Å². The second-order valence-corrected chi connectivity index (χ2v) is 5.65. The Hall–Kier alpha value is -3.55. The van der Waals surface area contributed by atoms with Crippen LogP contribution in [0.3, 0.4) is 0 Å². The number of nitrogens with two attached hydrogens (primary N) is 1. The molecule has 27 heavy (non-hydrogen) atoms. The highest BCUT2D eigenvalue weighted by molar-refractivity contribution is 5.98. The van der Waals surface area contributed by atoms with Crippen LogP contribution in [0.5, 0.6) is 5.75 Å². The number of hydrogen-bond donors (Lipinski definition) is 3. The highest BCUT2D eigenvalue weighted by atomic mass is 16.5.